The molecule has 1 aromatic carbocycles. The summed E-state index contributed by atoms with van der Waals surface area (Å²) in [6, 6.07) is 5.17. The van der Waals surface area contributed by atoms with Crippen molar-refractivity contribution in [3.8, 4) is 11.5 Å². The molecular weight excluding hydrogens is 360 g/mol. The number of hydrogen-bond acceptors (Lipinski definition) is 6. The van der Waals surface area contributed by atoms with Crippen LogP contribution >= 0.6 is 0 Å². The Bertz CT molecular complexity index is 853. The summed E-state index contributed by atoms with van der Waals surface area (Å²) in [5.41, 5.74) is 0.880. The second-order valence-electron chi connectivity index (χ2n) is 6.91. The maximum atomic E-state index is 12.4. The number of benzene rings is 1. The number of nitrogens with zero attached hydrogens (tertiary/aromatic N) is 1. The highest BCUT2D eigenvalue weighted by atomic mass is 32.2. The van der Waals surface area contributed by atoms with Crippen LogP contribution in [0.5, 0.6) is 11.5 Å². The largest absolute Gasteiger partial charge is 0.454 e. The third-order valence-corrected chi connectivity index (χ3v) is 6.83. The van der Waals surface area contributed by atoms with Crippen molar-refractivity contribution in [2.75, 3.05) is 24.8 Å². The van der Waals surface area contributed by atoms with Gasteiger partial charge in [-0.3, -0.25) is 9.59 Å². The summed E-state index contributed by atoms with van der Waals surface area (Å²) < 4.78 is 33.8. The summed E-state index contributed by atoms with van der Waals surface area (Å²) >= 11 is 0. The third-order valence-electron chi connectivity index (χ3n) is 5.08. The van der Waals surface area contributed by atoms with Crippen molar-refractivity contribution in [2.45, 2.75) is 25.4 Å². The lowest BCUT2D eigenvalue weighted by Crippen LogP contribution is -2.39. The van der Waals surface area contributed by atoms with Crippen LogP contribution in [0.25, 0.3) is 0 Å². The highest BCUT2D eigenvalue weighted by Crippen LogP contribution is 2.32. The average molecular weight is 380 g/mol. The minimum atomic E-state index is -3.06. The average Bonchev–Trinajstić information content (AvgIpc) is 3.30. The maximum absolute atomic E-state index is 12.4. The van der Waals surface area contributed by atoms with Crippen LogP contribution in [0.1, 0.15) is 18.4 Å². The van der Waals surface area contributed by atoms with Crippen LogP contribution in [0, 0.1) is 5.92 Å². The van der Waals surface area contributed by atoms with Crippen molar-refractivity contribution in [2.24, 2.45) is 5.92 Å². The molecule has 2 saturated heterocycles. The van der Waals surface area contributed by atoms with Crippen molar-refractivity contribution in [1.29, 1.82) is 0 Å². The van der Waals surface area contributed by atoms with Crippen molar-refractivity contribution in [1.82, 2.24) is 10.2 Å². The van der Waals surface area contributed by atoms with Gasteiger partial charge in [-0.15, -0.1) is 0 Å². The molecule has 3 heterocycles. The fourth-order valence-electron chi connectivity index (χ4n) is 3.67. The standard InChI is InChI=1S/C17H20N2O6S/c20-16-6-12(8-19(16)13-3-4-26(22,23)9-13)17(21)18-7-11-1-2-14-15(5-11)25-10-24-14/h1-2,5,12-13H,3-4,6-10H2,(H,18,21)/t12-,13+/m1/s1. The van der Waals surface area contributed by atoms with E-state index in [0.29, 0.717) is 24.5 Å². The lowest BCUT2D eigenvalue weighted by molar-refractivity contribution is -0.130. The molecule has 0 spiro atoms. The Kier molecular flexibility index (Phi) is 4.26. The Morgan fingerprint density at radius 3 is 2.85 bits per heavy atom. The third kappa shape index (κ3) is 3.35. The second-order valence-corrected chi connectivity index (χ2v) is 9.14. The molecule has 2 atom stereocenters. The van der Waals surface area contributed by atoms with E-state index in [1.165, 1.54) is 0 Å². The molecule has 0 radical (unpaired) electrons. The highest BCUT2D eigenvalue weighted by Gasteiger charge is 2.41. The normalized spacial score (nSPS) is 26.3. The Morgan fingerprint density at radius 1 is 1.27 bits per heavy atom. The Hall–Kier alpha value is -2.29. The van der Waals surface area contributed by atoms with E-state index in [1.54, 1.807) is 11.0 Å². The fraction of sp³-hybridized carbons (Fsp3) is 0.529. The first-order chi connectivity index (χ1) is 12.4. The number of carbonyl (C=O) groups excluding carboxylic acids is 2. The Morgan fingerprint density at radius 2 is 2.08 bits per heavy atom. The molecule has 140 valence electrons. The first-order valence-electron chi connectivity index (χ1n) is 8.57. The number of nitrogens with one attached hydrogen (secondary N) is 1. The highest BCUT2D eigenvalue weighted by molar-refractivity contribution is 7.91. The van der Waals surface area contributed by atoms with Gasteiger partial charge in [0.05, 0.1) is 17.4 Å². The summed E-state index contributed by atoms with van der Waals surface area (Å²) in [7, 11) is -3.06. The van der Waals surface area contributed by atoms with Crippen molar-refractivity contribution < 1.29 is 27.5 Å². The second kappa shape index (κ2) is 6.46. The maximum Gasteiger partial charge on any atom is 0.231 e. The molecular formula is C17H20N2O6S. The molecule has 3 aliphatic rings. The zero-order chi connectivity index (χ0) is 18.3. The molecule has 9 heteroatoms. The number of ether oxygens (including phenoxy) is 2. The molecule has 0 unspecified atom stereocenters. The number of fused-ring (bicyclic) bond motifs is 1. The molecule has 0 bridgehead atoms. The summed E-state index contributed by atoms with van der Waals surface area (Å²) in [6.07, 6.45) is 0.586. The molecule has 1 aromatic rings. The van der Waals surface area contributed by atoms with Crippen LogP contribution in [0.4, 0.5) is 0 Å². The first kappa shape index (κ1) is 17.1. The van der Waals surface area contributed by atoms with E-state index >= 15 is 0 Å². The van der Waals surface area contributed by atoms with Gasteiger partial charge in [0.1, 0.15) is 0 Å². The topological polar surface area (TPSA) is 102 Å². The molecule has 26 heavy (non-hydrogen) atoms. The quantitative estimate of drug-likeness (QED) is 0.793. The van der Waals surface area contributed by atoms with Gasteiger partial charge in [0, 0.05) is 25.6 Å². The Balaban J connectivity index is 1.33. The van der Waals surface area contributed by atoms with E-state index in [9.17, 15) is 18.0 Å². The monoisotopic (exact) mass is 380 g/mol. The predicted molar refractivity (Wildman–Crippen MR) is 91.3 cm³/mol. The van der Waals surface area contributed by atoms with Crippen molar-refractivity contribution in [3.05, 3.63) is 23.8 Å². The molecule has 4 rings (SSSR count). The van der Waals surface area contributed by atoms with Crippen molar-refractivity contribution in [3.63, 3.8) is 0 Å². The van der Waals surface area contributed by atoms with E-state index in [4.69, 9.17) is 9.47 Å². The van der Waals surface area contributed by atoms with Crippen LogP contribution in [-0.4, -0.2) is 56.0 Å². The number of rotatable bonds is 4. The Labute approximate surface area is 151 Å². The molecule has 0 saturated carbocycles. The number of likely N-dealkylation sites (tertiary alicyclic amines) is 1. The van der Waals surface area contributed by atoms with Crippen molar-refractivity contribution >= 4 is 21.7 Å². The van der Waals surface area contributed by atoms with Crippen LogP contribution in [0.2, 0.25) is 0 Å². The first-order valence-corrected chi connectivity index (χ1v) is 10.4. The summed E-state index contributed by atoms with van der Waals surface area (Å²) in [5.74, 6) is 0.673. The van der Waals surface area contributed by atoms with Gasteiger partial charge in [-0.25, -0.2) is 8.42 Å². The van der Waals surface area contributed by atoms with Gasteiger partial charge >= 0.3 is 0 Å². The number of amides is 2. The van der Waals surface area contributed by atoms with Crippen LogP contribution in [0.3, 0.4) is 0 Å². The molecule has 3 aliphatic heterocycles. The van der Waals surface area contributed by atoms with E-state index in [-0.39, 0.29) is 49.1 Å². The number of hydrogen-bond donors (Lipinski definition) is 1. The van der Waals surface area contributed by atoms with E-state index in [2.05, 4.69) is 5.32 Å². The lowest BCUT2D eigenvalue weighted by atomic mass is 10.1. The zero-order valence-electron chi connectivity index (χ0n) is 14.1. The predicted octanol–water partition coefficient (Wildman–Crippen LogP) is 0.0671. The molecule has 0 aliphatic carbocycles. The fourth-order valence-corrected chi connectivity index (χ4v) is 5.40. The summed E-state index contributed by atoms with van der Waals surface area (Å²) in [4.78, 5) is 26.2. The van der Waals surface area contributed by atoms with Crippen LogP contribution in [0.15, 0.2) is 18.2 Å². The smallest absolute Gasteiger partial charge is 0.231 e. The molecule has 0 aromatic heterocycles. The summed E-state index contributed by atoms with van der Waals surface area (Å²) in [5, 5.41) is 2.85. The van der Waals surface area contributed by atoms with Gasteiger partial charge in [-0.05, 0) is 24.1 Å². The number of carbonyl (C=O) groups is 2. The van der Waals surface area contributed by atoms with Gasteiger partial charge in [0.25, 0.3) is 0 Å². The molecule has 2 amide bonds. The van der Waals surface area contributed by atoms with Gasteiger partial charge < -0.3 is 19.7 Å². The van der Waals surface area contributed by atoms with Crippen LogP contribution < -0.4 is 14.8 Å². The number of sulfone groups is 1. The zero-order valence-corrected chi connectivity index (χ0v) is 15.0. The lowest BCUT2D eigenvalue weighted by Gasteiger charge is -2.22. The van der Waals surface area contributed by atoms with Gasteiger partial charge in [0.2, 0.25) is 18.6 Å². The minimum Gasteiger partial charge on any atom is -0.454 e. The molecule has 2 fully saturated rings. The summed E-state index contributed by atoms with van der Waals surface area (Å²) in [6.45, 7) is 0.812. The van der Waals surface area contributed by atoms with E-state index in [0.717, 1.165) is 5.56 Å². The van der Waals surface area contributed by atoms with E-state index < -0.39 is 15.8 Å². The van der Waals surface area contributed by atoms with Crippen LogP contribution in [-0.2, 0) is 26.0 Å². The van der Waals surface area contributed by atoms with Gasteiger partial charge in [0.15, 0.2) is 21.3 Å². The van der Waals surface area contributed by atoms with E-state index in [1.807, 2.05) is 12.1 Å². The van der Waals surface area contributed by atoms with Gasteiger partial charge in [-0.2, -0.15) is 0 Å². The molecule has 1 N–H and O–H groups in total. The molecule has 8 nitrogen and oxygen atoms in total. The SMILES string of the molecule is O=C(NCc1ccc2c(c1)OCO2)[C@@H]1CC(=O)N([C@H]2CCS(=O)(=O)C2)C1. The minimum absolute atomic E-state index is 0.00424. The van der Waals surface area contributed by atoms with Gasteiger partial charge in [-0.1, -0.05) is 6.07 Å².